The molecule has 0 atom stereocenters. The van der Waals surface area contributed by atoms with E-state index in [1.54, 1.807) is 12.1 Å². The molecule has 2 amide bonds. The first kappa shape index (κ1) is 17.1. The molecule has 2 N–H and O–H groups in total. The van der Waals surface area contributed by atoms with Gasteiger partial charge in [-0.25, -0.2) is 4.39 Å². The summed E-state index contributed by atoms with van der Waals surface area (Å²) >= 11 is 0. The molecule has 0 saturated heterocycles. The topological polar surface area (TPSA) is 58.2 Å². The summed E-state index contributed by atoms with van der Waals surface area (Å²) in [6.07, 6.45) is 1.08. The molecule has 25 heavy (non-hydrogen) atoms. The Morgan fingerprint density at radius 1 is 1.00 bits per heavy atom. The summed E-state index contributed by atoms with van der Waals surface area (Å²) in [5.74, 6) is -0.866. The Morgan fingerprint density at radius 3 is 2.16 bits per heavy atom. The van der Waals surface area contributed by atoms with Crippen LogP contribution in [0.4, 0.5) is 10.1 Å². The molecule has 4 nitrogen and oxygen atoms in total. The molecule has 0 radical (unpaired) electrons. The lowest BCUT2D eigenvalue weighted by atomic mass is 10.0. The maximum absolute atomic E-state index is 12.9. The lowest BCUT2D eigenvalue weighted by Crippen LogP contribution is -2.39. The van der Waals surface area contributed by atoms with Crippen molar-refractivity contribution in [2.75, 3.05) is 5.32 Å². The van der Waals surface area contributed by atoms with E-state index >= 15 is 0 Å². The monoisotopic (exact) mass is 340 g/mol. The van der Waals surface area contributed by atoms with Crippen molar-refractivity contribution in [3.05, 3.63) is 65.0 Å². The molecule has 3 rings (SSSR count). The van der Waals surface area contributed by atoms with E-state index in [2.05, 4.69) is 10.6 Å². The van der Waals surface area contributed by atoms with Gasteiger partial charge in [0.2, 0.25) is 11.8 Å². The fourth-order valence-electron chi connectivity index (χ4n) is 2.93. The summed E-state index contributed by atoms with van der Waals surface area (Å²) in [6, 6.07) is 11.7. The summed E-state index contributed by atoms with van der Waals surface area (Å²) in [6.45, 7) is 4.20. The van der Waals surface area contributed by atoms with Crippen LogP contribution in [0.3, 0.4) is 0 Å². The lowest BCUT2D eigenvalue weighted by molar-refractivity contribution is -0.134. The summed E-state index contributed by atoms with van der Waals surface area (Å²) in [7, 11) is 0. The minimum absolute atomic E-state index is 0.269. The quantitative estimate of drug-likeness (QED) is 0.819. The molecule has 5 heteroatoms. The standard InChI is InChI=1S/C20H21FN2O2/c1-13-9-14(2)11-17(10-13)23-19(25)20(7-8-20)18(24)22-12-15-3-5-16(21)6-4-15/h3-6,9-11H,7-8,12H2,1-2H3,(H,22,24)(H,23,25). The minimum Gasteiger partial charge on any atom is -0.351 e. The fourth-order valence-corrected chi connectivity index (χ4v) is 2.93. The molecule has 0 unspecified atom stereocenters. The molecule has 1 fully saturated rings. The van der Waals surface area contributed by atoms with Gasteiger partial charge in [0.15, 0.2) is 0 Å². The highest BCUT2D eigenvalue weighted by atomic mass is 19.1. The van der Waals surface area contributed by atoms with Crippen molar-refractivity contribution in [2.45, 2.75) is 33.2 Å². The van der Waals surface area contributed by atoms with Gasteiger partial charge in [-0.15, -0.1) is 0 Å². The zero-order valence-corrected chi connectivity index (χ0v) is 14.4. The van der Waals surface area contributed by atoms with Crippen molar-refractivity contribution in [3.63, 3.8) is 0 Å². The van der Waals surface area contributed by atoms with E-state index in [0.717, 1.165) is 16.7 Å². The van der Waals surface area contributed by atoms with Crippen molar-refractivity contribution in [1.82, 2.24) is 5.32 Å². The van der Waals surface area contributed by atoms with Crippen molar-refractivity contribution in [2.24, 2.45) is 5.41 Å². The highest BCUT2D eigenvalue weighted by Crippen LogP contribution is 2.47. The van der Waals surface area contributed by atoms with Crippen molar-refractivity contribution in [3.8, 4) is 0 Å². The van der Waals surface area contributed by atoms with Crippen LogP contribution in [0.5, 0.6) is 0 Å². The maximum Gasteiger partial charge on any atom is 0.240 e. The van der Waals surface area contributed by atoms with Crippen LogP contribution in [0.15, 0.2) is 42.5 Å². The van der Waals surface area contributed by atoms with E-state index in [1.165, 1.54) is 12.1 Å². The van der Waals surface area contributed by atoms with Gasteiger partial charge in [-0.2, -0.15) is 0 Å². The van der Waals surface area contributed by atoms with Gasteiger partial charge >= 0.3 is 0 Å². The Bertz CT molecular complexity index is 791. The molecule has 0 aliphatic heterocycles. The van der Waals surface area contributed by atoms with E-state index < -0.39 is 5.41 Å². The normalized spacial score (nSPS) is 14.7. The number of aryl methyl sites for hydroxylation is 2. The molecule has 1 aliphatic rings. The van der Waals surface area contributed by atoms with Gasteiger partial charge in [0.05, 0.1) is 0 Å². The van der Waals surface area contributed by atoms with Crippen LogP contribution < -0.4 is 10.6 Å². The minimum atomic E-state index is -0.988. The summed E-state index contributed by atoms with van der Waals surface area (Å²) in [5, 5.41) is 5.65. The van der Waals surface area contributed by atoms with Crippen LogP contribution in [0.2, 0.25) is 0 Å². The number of nitrogens with one attached hydrogen (secondary N) is 2. The Morgan fingerprint density at radius 2 is 1.60 bits per heavy atom. The second kappa shape index (κ2) is 6.67. The van der Waals surface area contributed by atoms with Crippen molar-refractivity contribution >= 4 is 17.5 Å². The largest absolute Gasteiger partial charge is 0.351 e. The maximum atomic E-state index is 12.9. The number of benzene rings is 2. The molecule has 2 aromatic rings. The first-order valence-electron chi connectivity index (χ1n) is 8.31. The van der Waals surface area contributed by atoms with E-state index in [1.807, 2.05) is 32.0 Å². The third-order valence-electron chi connectivity index (χ3n) is 4.47. The molecule has 130 valence electrons. The van der Waals surface area contributed by atoms with E-state index in [9.17, 15) is 14.0 Å². The van der Waals surface area contributed by atoms with E-state index in [4.69, 9.17) is 0 Å². The van der Waals surface area contributed by atoms with Gasteiger partial charge in [-0.1, -0.05) is 18.2 Å². The second-order valence-corrected chi connectivity index (χ2v) is 6.72. The molecule has 0 bridgehead atoms. The number of rotatable bonds is 5. The first-order chi connectivity index (χ1) is 11.9. The third kappa shape index (κ3) is 3.87. The fraction of sp³-hybridized carbons (Fsp3) is 0.300. The number of halogens is 1. The van der Waals surface area contributed by atoms with Crippen LogP contribution >= 0.6 is 0 Å². The van der Waals surface area contributed by atoms with Crippen LogP contribution in [0, 0.1) is 25.1 Å². The molecule has 2 aromatic carbocycles. The Balaban J connectivity index is 1.63. The van der Waals surface area contributed by atoms with Crippen molar-refractivity contribution < 1.29 is 14.0 Å². The smallest absolute Gasteiger partial charge is 0.240 e. The van der Waals surface area contributed by atoms with E-state index in [-0.39, 0.29) is 24.2 Å². The summed E-state index contributed by atoms with van der Waals surface area (Å²) in [5.41, 5.74) is 2.62. The molecule has 0 spiro atoms. The Kier molecular flexibility index (Phi) is 4.57. The molecule has 1 saturated carbocycles. The molecular formula is C20H21FN2O2. The summed E-state index contributed by atoms with van der Waals surface area (Å²) < 4.78 is 12.9. The number of carbonyl (C=O) groups is 2. The second-order valence-electron chi connectivity index (χ2n) is 6.72. The van der Waals surface area contributed by atoms with Crippen molar-refractivity contribution in [1.29, 1.82) is 0 Å². The molecular weight excluding hydrogens is 319 g/mol. The zero-order valence-electron chi connectivity index (χ0n) is 14.4. The Hall–Kier alpha value is -2.69. The third-order valence-corrected chi connectivity index (χ3v) is 4.47. The highest BCUT2D eigenvalue weighted by molar-refractivity contribution is 6.13. The number of anilines is 1. The van der Waals surface area contributed by atoms with Gasteiger partial charge in [0.25, 0.3) is 0 Å². The molecule has 1 aliphatic carbocycles. The van der Waals surface area contributed by atoms with Gasteiger partial charge in [0.1, 0.15) is 11.2 Å². The Labute approximate surface area is 146 Å². The first-order valence-corrected chi connectivity index (χ1v) is 8.31. The van der Waals surface area contributed by atoms with Gasteiger partial charge in [0, 0.05) is 12.2 Å². The van der Waals surface area contributed by atoms with Crippen LogP contribution in [0.1, 0.15) is 29.5 Å². The van der Waals surface area contributed by atoms with Gasteiger partial charge < -0.3 is 10.6 Å². The SMILES string of the molecule is Cc1cc(C)cc(NC(=O)C2(C(=O)NCc3ccc(F)cc3)CC2)c1. The van der Waals surface area contributed by atoms with Gasteiger partial charge in [-0.3, -0.25) is 9.59 Å². The number of carbonyl (C=O) groups excluding carboxylic acids is 2. The number of hydrogen-bond donors (Lipinski definition) is 2. The van der Waals surface area contributed by atoms with Crippen LogP contribution in [-0.4, -0.2) is 11.8 Å². The lowest BCUT2D eigenvalue weighted by Gasteiger charge is -2.16. The number of amides is 2. The van der Waals surface area contributed by atoms with Crippen LogP contribution in [-0.2, 0) is 16.1 Å². The average Bonchev–Trinajstić information content (AvgIpc) is 3.35. The van der Waals surface area contributed by atoms with Gasteiger partial charge in [-0.05, 0) is 67.6 Å². The number of hydrogen-bond acceptors (Lipinski definition) is 2. The predicted molar refractivity (Wildman–Crippen MR) is 94.5 cm³/mol. The average molecular weight is 340 g/mol. The van der Waals surface area contributed by atoms with Crippen LogP contribution in [0.25, 0.3) is 0 Å². The zero-order chi connectivity index (χ0) is 18.0. The highest BCUT2D eigenvalue weighted by Gasteiger charge is 2.56. The van der Waals surface area contributed by atoms with E-state index in [0.29, 0.717) is 18.5 Å². The molecule has 0 aromatic heterocycles. The molecule has 0 heterocycles. The predicted octanol–water partition coefficient (Wildman–Crippen LogP) is 3.48. The summed E-state index contributed by atoms with van der Waals surface area (Å²) in [4.78, 5) is 25.1.